The first-order valence-electron chi connectivity index (χ1n) is 12.9. The summed E-state index contributed by atoms with van der Waals surface area (Å²) in [4.78, 5) is 45.5. The van der Waals surface area contributed by atoms with Crippen LogP contribution in [0.2, 0.25) is 5.02 Å². The van der Waals surface area contributed by atoms with Gasteiger partial charge in [0.15, 0.2) is 0 Å². The molecule has 8 heteroatoms. The van der Waals surface area contributed by atoms with E-state index in [-0.39, 0.29) is 30.3 Å². The predicted octanol–water partition coefficient (Wildman–Crippen LogP) is 4.07. The van der Waals surface area contributed by atoms with Crippen molar-refractivity contribution in [1.29, 1.82) is 0 Å². The Balaban J connectivity index is 1.32. The van der Waals surface area contributed by atoms with Crippen molar-refractivity contribution in [2.45, 2.75) is 56.5 Å². The van der Waals surface area contributed by atoms with Crippen molar-refractivity contribution >= 4 is 35.0 Å². The van der Waals surface area contributed by atoms with Crippen LogP contribution in [0.15, 0.2) is 54.6 Å². The second-order valence-electron chi connectivity index (χ2n) is 10.1. The van der Waals surface area contributed by atoms with Crippen LogP contribution in [-0.4, -0.2) is 65.4 Å². The van der Waals surface area contributed by atoms with Gasteiger partial charge in [-0.1, -0.05) is 61.2 Å². The molecular formula is C28H33ClN4O3. The molecule has 1 N–H and O–H groups in total. The SMILES string of the molecule is O=C(CN1CN(c2ccccc2)C2(CCN(C(=O)c3ccccc3Cl)CC2)C1=O)NC1CCCCC1. The quantitative estimate of drug-likeness (QED) is 0.660. The summed E-state index contributed by atoms with van der Waals surface area (Å²) in [6.45, 7) is 1.31. The molecular weight excluding hydrogens is 476 g/mol. The minimum atomic E-state index is -0.774. The first-order valence-corrected chi connectivity index (χ1v) is 13.3. The Kier molecular flexibility index (Phi) is 7.19. The van der Waals surface area contributed by atoms with Crippen LogP contribution in [0.1, 0.15) is 55.3 Å². The third kappa shape index (κ3) is 4.81. The number of piperidine rings is 1. The standard InChI is InChI=1S/C28H33ClN4O3/c29-24-14-8-7-13-23(24)26(35)31-17-15-28(16-18-31)27(36)32(20-33(28)22-11-5-2-6-12-22)19-25(34)30-21-9-3-1-4-10-21/h2,5-8,11-14,21H,1,3-4,9-10,15-20H2,(H,30,34). The summed E-state index contributed by atoms with van der Waals surface area (Å²) < 4.78 is 0. The largest absolute Gasteiger partial charge is 0.352 e. The number of nitrogens with zero attached hydrogens (tertiary/aromatic N) is 3. The van der Waals surface area contributed by atoms with Crippen LogP contribution >= 0.6 is 11.6 Å². The Labute approximate surface area is 217 Å². The summed E-state index contributed by atoms with van der Waals surface area (Å²) in [5.74, 6) is -0.238. The number of carbonyl (C=O) groups is 3. The number of nitrogens with one attached hydrogen (secondary N) is 1. The maximum Gasteiger partial charge on any atom is 0.255 e. The molecule has 2 aromatic rings. The minimum absolute atomic E-state index is 0.0324. The van der Waals surface area contributed by atoms with Gasteiger partial charge < -0.3 is 20.0 Å². The van der Waals surface area contributed by atoms with Crippen LogP contribution in [0.4, 0.5) is 5.69 Å². The van der Waals surface area contributed by atoms with E-state index < -0.39 is 5.54 Å². The zero-order valence-corrected chi connectivity index (χ0v) is 21.3. The summed E-state index contributed by atoms with van der Waals surface area (Å²) in [5, 5.41) is 3.57. The Morgan fingerprint density at radius 2 is 1.61 bits per heavy atom. The van der Waals surface area contributed by atoms with Crippen LogP contribution in [0, 0.1) is 0 Å². The Bertz CT molecular complexity index is 1110. The maximum atomic E-state index is 13.9. The second-order valence-corrected chi connectivity index (χ2v) is 10.5. The number of amides is 3. The molecule has 3 fully saturated rings. The van der Waals surface area contributed by atoms with E-state index in [0.717, 1.165) is 31.4 Å². The van der Waals surface area contributed by atoms with Gasteiger partial charge in [-0.05, 0) is 49.9 Å². The van der Waals surface area contributed by atoms with Crippen LogP contribution in [0.25, 0.3) is 0 Å². The van der Waals surface area contributed by atoms with Gasteiger partial charge in [0.25, 0.3) is 11.8 Å². The van der Waals surface area contributed by atoms with Crippen molar-refractivity contribution in [2.24, 2.45) is 0 Å². The normalized spacial score (nSPS) is 20.1. The molecule has 3 aliphatic rings. The van der Waals surface area contributed by atoms with Gasteiger partial charge in [-0.25, -0.2) is 0 Å². The van der Waals surface area contributed by atoms with Gasteiger partial charge in [-0.3, -0.25) is 14.4 Å². The van der Waals surface area contributed by atoms with Crippen molar-refractivity contribution in [3.05, 3.63) is 65.2 Å². The van der Waals surface area contributed by atoms with E-state index >= 15 is 0 Å². The van der Waals surface area contributed by atoms with Crippen molar-refractivity contribution < 1.29 is 14.4 Å². The van der Waals surface area contributed by atoms with E-state index in [1.807, 2.05) is 30.3 Å². The highest BCUT2D eigenvalue weighted by Gasteiger charge is 2.54. The fourth-order valence-electron chi connectivity index (χ4n) is 5.90. The molecule has 1 spiro atoms. The van der Waals surface area contributed by atoms with Gasteiger partial charge in [0.2, 0.25) is 5.91 Å². The number of hydrogen-bond acceptors (Lipinski definition) is 4. The summed E-state index contributed by atoms with van der Waals surface area (Å²) >= 11 is 6.27. The molecule has 0 radical (unpaired) electrons. The highest BCUT2D eigenvalue weighted by atomic mass is 35.5. The monoisotopic (exact) mass is 508 g/mol. The van der Waals surface area contributed by atoms with Gasteiger partial charge in [0.05, 0.1) is 17.3 Å². The molecule has 2 aromatic carbocycles. The summed E-state index contributed by atoms with van der Waals surface area (Å²) in [6.07, 6.45) is 6.52. The molecule has 5 rings (SSSR count). The van der Waals surface area contributed by atoms with Crippen molar-refractivity contribution in [3.8, 4) is 0 Å². The number of carbonyl (C=O) groups excluding carboxylic acids is 3. The number of rotatable bonds is 5. The maximum absolute atomic E-state index is 13.9. The zero-order chi connectivity index (χ0) is 25.1. The minimum Gasteiger partial charge on any atom is -0.352 e. The molecule has 1 saturated carbocycles. The molecule has 0 atom stereocenters. The van der Waals surface area contributed by atoms with Gasteiger partial charge >= 0.3 is 0 Å². The lowest BCUT2D eigenvalue weighted by molar-refractivity contribution is -0.137. The topological polar surface area (TPSA) is 73.0 Å². The molecule has 1 aliphatic carbocycles. The Morgan fingerprint density at radius 1 is 0.944 bits per heavy atom. The zero-order valence-electron chi connectivity index (χ0n) is 20.5. The molecule has 3 amide bonds. The highest BCUT2D eigenvalue weighted by molar-refractivity contribution is 6.33. The van der Waals surface area contributed by atoms with Crippen LogP contribution < -0.4 is 10.2 Å². The van der Waals surface area contributed by atoms with Gasteiger partial charge in [-0.15, -0.1) is 0 Å². The number of benzene rings is 2. The third-order valence-electron chi connectivity index (χ3n) is 7.87. The molecule has 2 aliphatic heterocycles. The van der Waals surface area contributed by atoms with Gasteiger partial charge in [-0.2, -0.15) is 0 Å². The average molecular weight is 509 g/mol. The van der Waals surface area contributed by atoms with Crippen LogP contribution in [0.3, 0.4) is 0 Å². The first-order chi connectivity index (χ1) is 17.5. The van der Waals surface area contributed by atoms with Crippen molar-refractivity contribution in [1.82, 2.24) is 15.1 Å². The summed E-state index contributed by atoms with van der Waals surface area (Å²) in [6, 6.07) is 17.1. The molecule has 36 heavy (non-hydrogen) atoms. The van der Waals surface area contributed by atoms with Gasteiger partial charge in [0, 0.05) is 24.8 Å². The fraction of sp³-hybridized carbons (Fsp3) is 0.464. The molecule has 2 saturated heterocycles. The lowest BCUT2D eigenvalue weighted by Crippen LogP contribution is -2.57. The number of likely N-dealkylation sites (tertiary alicyclic amines) is 1. The van der Waals surface area contributed by atoms with Gasteiger partial charge in [0.1, 0.15) is 12.1 Å². The lowest BCUT2D eigenvalue weighted by atomic mass is 9.85. The molecule has 190 valence electrons. The van der Waals surface area contributed by atoms with E-state index in [1.54, 1.807) is 34.1 Å². The number of hydrogen-bond donors (Lipinski definition) is 1. The first kappa shape index (κ1) is 24.6. The van der Waals surface area contributed by atoms with E-state index in [2.05, 4.69) is 10.2 Å². The number of halogens is 1. The summed E-state index contributed by atoms with van der Waals surface area (Å²) in [7, 11) is 0. The molecule has 0 bridgehead atoms. The van der Waals surface area contributed by atoms with Crippen LogP contribution in [-0.2, 0) is 9.59 Å². The van der Waals surface area contributed by atoms with E-state index in [0.29, 0.717) is 43.2 Å². The second kappa shape index (κ2) is 10.5. The average Bonchev–Trinajstić information content (AvgIpc) is 3.16. The molecule has 0 unspecified atom stereocenters. The summed E-state index contributed by atoms with van der Waals surface area (Å²) in [5.41, 5.74) is 0.657. The van der Waals surface area contributed by atoms with E-state index in [4.69, 9.17) is 11.6 Å². The molecule has 2 heterocycles. The fourth-order valence-corrected chi connectivity index (χ4v) is 6.12. The van der Waals surface area contributed by atoms with Crippen molar-refractivity contribution in [3.63, 3.8) is 0 Å². The smallest absolute Gasteiger partial charge is 0.255 e. The van der Waals surface area contributed by atoms with Crippen LogP contribution in [0.5, 0.6) is 0 Å². The van der Waals surface area contributed by atoms with E-state index in [1.165, 1.54) is 6.42 Å². The Morgan fingerprint density at radius 3 is 2.31 bits per heavy atom. The third-order valence-corrected chi connectivity index (χ3v) is 8.20. The number of anilines is 1. The van der Waals surface area contributed by atoms with Crippen molar-refractivity contribution in [2.75, 3.05) is 31.2 Å². The highest BCUT2D eigenvalue weighted by Crippen LogP contribution is 2.39. The van der Waals surface area contributed by atoms with E-state index in [9.17, 15) is 14.4 Å². The Hall–Kier alpha value is -3.06. The number of para-hydroxylation sites is 1. The predicted molar refractivity (Wildman–Crippen MR) is 140 cm³/mol. The lowest BCUT2D eigenvalue weighted by Gasteiger charge is -2.43. The molecule has 0 aromatic heterocycles. The molecule has 7 nitrogen and oxygen atoms in total.